The van der Waals surface area contributed by atoms with Gasteiger partial charge in [-0.2, -0.15) is 0 Å². The number of carbonyl (C=O) groups is 1. The maximum atomic E-state index is 11.0. The van der Waals surface area contributed by atoms with Crippen LogP contribution in [-0.2, 0) is 0 Å². The predicted molar refractivity (Wildman–Crippen MR) is 69.2 cm³/mol. The molecule has 4 heteroatoms. The summed E-state index contributed by atoms with van der Waals surface area (Å²) >= 11 is 6.04. The minimum absolute atomic E-state index is 0.215. The van der Waals surface area contributed by atoms with E-state index in [4.69, 9.17) is 16.7 Å². The number of carboxylic acid groups (broad SMARTS) is 1. The molecular weight excluding hydrogens is 238 g/mol. The van der Waals surface area contributed by atoms with Crippen LogP contribution >= 0.6 is 11.6 Å². The first kappa shape index (κ1) is 12.2. The third-order valence-corrected chi connectivity index (χ3v) is 3.51. The molecule has 0 aliphatic carbocycles. The van der Waals surface area contributed by atoms with E-state index in [-0.39, 0.29) is 5.56 Å². The molecule has 0 bridgehead atoms. The second kappa shape index (κ2) is 4.96. The van der Waals surface area contributed by atoms with E-state index in [2.05, 4.69) is 4.90 Å². The molecule has 17 heavy (non-hydrogen) atoms. The van der Waals surface area contributed by atoms with Crippen LogP contribution in [0.4, 0.5) is 5.69 Å². The average molecular weight is 254 g/mol. The van der Waals surface area contributed by atoms with Gasteiger partial charge in [0.15, 0.2) is 0 Å². The number of aryl methyl sites for hydroxylation is 1. The molecule has 0 amide bonds. The molecule has 3 nitrogen and oxygen atoms in total. The van der Waals surface area contributed by atoms with Crippen LogP contribution in [0.15, 0.2) is 12.1 Å². The van der Waals surface area contributed by atoms with E-state index in [9.17, 15) is 4.79 Å². The third-order valence-electron chi connectivity index (χ3n) is 3.21. The van der Waals surface area contributed by atoms with Crippen LogP contribution in [0.5, 0.6) is 0 Å². The zero-order chi connectivity index (χ0) is 12.4. The molecule has 1 aliphatic heterocycles. The van der Waals surface area contributed by atoms with E-state index < -0.39 is 5.97 Å². The van der Waals surface area contributed by atoms with Gasteiger partial charge in [-0.3, -0.25) is 0 Å². The highest BCUT2D eigenvalue weighted by molar-refractivity contribution is 6.34. The lowest BCUT2D eigenvalue weighted by Crippen LogP contribution is -2.29. The number of rotatable bonds is 2. The lowest BCUT2D eigenvalue weighted by molar-refractivity contribution is 0.0696. The molecule has 0 saturated carbocycles. The molecule has 1 N–H and O–H groups in total. The molecule has 1 heterocycles. The van der Waals surface area contributed by atoms with Crippen molar-refractivity contribution in [3.8, 4) is 0 Å². The number of piperidine rings is 1. The minimum atomic E-state index is -0.960. The van der Waals surface area contributed by atoms with Gasteiger partial charge >= 0.3 is 5.97 Å². The second-order valence-electron chi connectivity index (χ2n) is 4.47. The van der Waals surface area contributed by atoms with E-state index in [0.29, 0.717) is 5.02 Å². The molecule has 1 fully saturated rings. The van der Waals surface area contributed by atoms with Crippen LogP contribution in [-0.4, -0.2) is 24.2 Å². The number of anilines is 1. The van der Waals surface area contributed by atoms with Gasteiger partial charge in [0.2, 0.25) is 0 Å². The lowest BCUT2D eigenvalue weighted by atomic mass is 10.1. The number of hydrogen-bond acceptors (Lipinski definition) is 2. The monoisotopic (exact) mass is 253 g/mol. The molecule has 1 saturated heterocycles. The normalized spacial score (nSPS) is 16.0. The SMILES string of the molecule is Cc1cc(N2CCCCC2)cc(Cl)c1C(=O)O. The van der Waals surface area contributed by atoms with Crippen LogP contribution in [0.2, 0.25) is 5.02 Å². The highest BCUT2D eigenvalue weighted by Gasteiger charge is 2.17. The van der Waals surface area contributed by atoms with Crippen LogP contribution in [0.3, 0.4) is 0 Å². The van der Waals surface area contributed by atoms with Crippen molar-refractivity contribution in [1.82, 2.24) is 0 Å². The van der Waals surface area contributed by atoms with Crippen molar-refractivity contribution in [3.63, 3.8) is 0 Å². The lowest BCUT2D eigenvalue weighted by Gasteiger charge is -2.29. The van der Waals surface area contributed by atoms with Gasteiger partial charge in [0, 0.05) is 18.8 Å². The predicted octanol–water partition coefficient (Wildman–Crippen LogP) is 3.34. The Hall–Kier alpha value is -1.22. The Morgan fingerprint density at radius 3 is 2.47 bits per heavy atom. The zero-order valence-electron chi connectivity index (χ0n) is 9.87. The van der Waals surface area contributed by atoms with Crippen LogP contribution in [0, 0.1) is 6.92 Å². The van der Waals surface area contributed by atoms with Crippen molar-refractivity contribution in [2.75, 3.05) is 18.0 Å². The number of carboxylic acids is 1. The fourth-order valence-corrected chi connectivity index (χ4v) is 2.67. The molecule has 0 radical (unpaired) electrons. The maximum Gasteiger partial charge on any atom is 0.337 e. The van der Waals surface area contributed by atoms with Crippen molar-refractivity contribution in [2.45, 2.75) is 26.2 Å². The molecule has 1 aromatic carbocycles. The summed E-state index contributed by atoms with van der Waals surface area (Å²) in [6, 6.07) is 3.68. The fourth-order valence-electron chi connectivity index (χ4n) is 2.33. The van der Waals surface area contributed by atoms with Gasteiger partial charge in [0.05, 0.1) is 10.6 Å². The van der Waals surface area contributed by atoms with Crippen molar-refractivity contribution < 1.29 is 9.90 Å². The number of aromatic carboxylic acids is 1. The molecule has 0 atom stereocenters. The third kappa shape index (κ3) is 2.55. The van der Waals surface area contributed by atoms with Crippen molar-refractivity contribution >= 4 is 23.3 Å². The Morgan fingerprint density at radius 1 is 1.29 bits per heavy atom. The summed E-state index contributed by atoms with van der Waals surface area (Å²) in [6.45, 7) is 3.85. The molecule has 0 spiro atoms. The van der Waals surface area contributed by atoms with E-state index in [1.54, 1.807) is 13.0 Å². The van der Waals surface area contributed by atoms with E-state index >= 15 is 0 Å². The van der Waals surface area contributed by atoms with E-state index in [1.165, 1.54) is 19.3 Å². The molecule has 92 valence electrons. The molecule has 2 rings (SSSR count). The first-order valence-electron chi connectivity index (χ1n) is 5.88. The number of nitrogens with zero attached hydrogens (tertiary/aromatic N) is 1. The van der Waals surface area contributed by atoms with E-state index in [1.807, 2.05) is 6.07 Å². The summed E-state index contributed by atoms with van der Waals surface area (Å²) in [6.07, 6.45) is 3.66. The maximum absolute atomic E-state index is 11.0. The summed E-state index contributed by atoms with van der Waals surface area (Å²) < 4.78 is 0. The van der Waals surface area contributed by atoms with Crippen LogP contribution in [0.1, 0.15) is 35.2 Å². The average Bonchev–Trinajstić information content (AvgIpc) is 2.28. The van der Waals surface area contributed by atoms with Gasteiger partial charge in [-0.15, -0.1) is 0 Å². The highest BCUT2D eigenvalue weighted by Crippen LogP contribution is 2.28. The van der Waals surface area contributed by atoms with Gasteiger partial charge < -0.3 is 10.0 Å². The smallest absolute Gasteiger partial charge is 0.337 e. The van der Waals surface area contributed by atoms with Crippen molar-refractivity contribution in [2.24, 2.45) is 0 Å². The van der Waals surface area contributed by atoms with Crippen molar-refractivity contribution in [3.05, 3.63) is 28.3 Å². The van der Waals surface area contributed by atoms with Crippen LogP contribution < -0.4 is 4.90 Å². The molecule has 0 aromatic heterocycles. The summed E-state index contributed by atoms with van der Waals surface area (Å²) in [7, 11) is 0. The van der Waals surface area contributed by atoms with Gasteiger partial charge in [0.25, 0.3) is 0 Å². The van der Waals surface area contributed by atoms with Gasteiger partial charge in [-0.25, -0.2) is 4.79 Å². The topological polar surface area (TPSA) is 40.5 Å². The fraction of sp³-hybridized carbons (Fsp3) is 0.462. The van der Waals surface area contributed by atoms with Gasteiger partial charge in [-0.05, 0) is 43.9 Å². The number of benzene rings is 1. The molecule has 0 unspecified atom stereocenters. The highest BCUT2D eigenvalue weighted by atomic mass is 35.5. The molecular formula is C13H16ClNO2. The largest absolute Gasteiger partial charge is 0.478 e. The Balaban J connectivity index is 2.34. The minimum Gasteiger partial charge on any atom is -0.478 e. The number of halogens is 1. The molecule has 1 aliphatic rings. The first-order valence-corrected chi connectivity index (χ1v) is 6.26. The Bertz CT molecular complexity index is 416. The van der Waals surface area contributed by atoms with Crippen molar-refractivity contribution in [1.29, 1.82) is 0 Å². The number of hydrogen-bond donors (Lipinski definition) is 1. The van der Waals surface area contributed by atoms with Crippen LogP contribution in [0.25, 0.3) is 0 Å². The summed E-state index contributed by atoms with van der Waals surface area (Å²) in [5, 5.41) is 9.38. The van der Waals surface area contributed by atoms with E-state index in [0.717, 1.165) is 24.3 Å². The quantitative estimate of drug-likeness (QED) is 0.879. The zero-order valence-corrected chi connectivity index (χ0v) is 10.6. The Kier molecular flexibility index (Phi) is 3.57. The summed E-state index contributed by atoms with van der Waals surface area (Å²) in [5.41, 5.74) is 1.98. The Morgan fingerprint density at radius 2 is 1.94 bits per heavy atom. The van der Waals surface area contributed by atoms with Gasteiger partial charge in [-0.1, -0.05) is 11.6 Å². The standard InChI is InChI=1S/C13H16ClNO2/c1-9-7-10(15-5-3-2-4-6-15)8-11(14)12(9)13(16)17/h7-8H,2-6H2,1H3,(H,16,17). The first-order chi connectivity index (χ1) is 8.09. The molecule has 1 aromatic rings. The second-order valence-corrected chi connectivity index (χ2v) is 4.88. The van der Waals surface area contributed by atoms with Gasteiger partial charge in [0.1, 0.15) is 0 Å². The summed E-state index contributed by atoms with van der Waals surface area (Å²) in [5.74, 6) is -0.960. The summed E-state index contributed by atoms with van der Waals surface area (Å²) in [4.78, 5) is 13.3. The Labute approximate surface area is 106 Å².